The Hall–Kier alpha value is -1.64. The number of aliphatic hydroxyl groups is 1. The molecule has 0 aliphatic carbocycles. The summed E-state index contributed by atoms with van der Waals surface area (Å²) in [6, 6.07) is 4.47. The quantitative estimate of drug-likeness (QED) is 0.793. The van der Waals surface area contributed by atoms with Crippen molar-refractivity contribution in [1.82, 2.24) is 9.80 Å². The Bertz CT molecular complexity index is 610. The SMILES string of the molecule is COCCN(C)CC1CN(C(=O)c2cccc(C(F)(F)F)c2)CC1CO. The second-order valence-electron chi connectivity index (χ2n) is 6.75. The number of methoxy groups -OCH3 is 1. The summed E-state index contributed by atoms with van der Waals surface area (Å²) in [6.45, 7) is 2.69. The highest BCUT2D eigenvalue weighted by Gasteiger charge is 2.36. The minimum absolute atomic E-state index is 0.0184. The molecule has 0 aromatic heterocycles. The van der Waals surface area contributed by atoms with E-state index in [0.29, 0.717) is 26.2 Å². The van der Waals surface area contributed by atoms with E-state index >= 15 is 0 Å². The monoisotopic (exact) mass is 374 g/mol. The topological polar surface area (TPSA) is 53.0 Å². The first-order valence-corrected chi connectivity index (χ1v) is 8.51. The minimum atomic E-state index is -4.48. The maximum atomic E-state index is 12.9. The molecule has 1 N–H and O–H groups in total. The summed E-state index contributed by atoms with van der Waals surface area (Å²) in [6.07, 6.45) is -4.48. The van der Waals surface area contributed by atoms with Crippen LogP contribution in [0.2, 0.25) is 0 Å². The Kier molecular flexibility index (Phi) is 7.02. The summed E-state index contributed by atoms with van der Waals surface area (Å²) in [5.74, 6) is -0.456. The van der Waals surface area contributed by atoms with Gasteiger partial charge in [-0.3, -0.25) is 4.79 Å². The van der Waals surface area contributed by atoms with Crippen molar-refractivity contribution < 1.29 is 27.8 Å². The molecule has 2 unspecified atom stereocenters. The first kappa shape index (κ1) is 20.7. The van der Waals surface area contributed by atoms with Gasteiger partial charge in [0.1, 0.15) is 0 Å². The number of nitrogens with zero attached hydrogens (tertiary/aromatic N) is 2. The zero-order valence-electron chi connectivity index (χ0n) is 15.0. The lowest BCUT2D eigenvalue weighted by molar-refractivity contribution is -0.137. The normalized spacial score (nSPS) is 20.8. The molecule has 1 saturated heterocycles. The van der Waals surface area contributed by atoms with Crippen molar-refractivity contribution in [2.75, 3.05) is 53.6 Å². The number of amides is 1. The van der Waals surface area contributed by atoms with Crippen molar-refractivity contribution in [2.24, 2.45) is 11.8 Å². The fraction of sp³-hybridized carbons (Fsp3) is 0.611. The van der Waals surface area contributed by atoms with E-state index in [0.717, 1.165) is 18.7 Å². The summed E-state index contributed by atoms with van der Waals surface area (Å²) in [7, 11) is 3.56. The van der Waals surface area contributed by atoms with Gasteiger partial charge in [-0.05, 0) is 31.2 Å². The largest absolute Gasteiger partial charge is 0.416 e. The third-order valence-corrected chi connectivity index (χ3v) is 4.76. The minimum Gasteiger partial charge on any atom is -0.396 e. The lowest BCUT2D eigenvalue weighted by atomic mass is 9.96. The van der Waals surface area contributed by atoms with E-state index in [4.69, 9.17) is 4.74 Å². The number of ether oxygens (including phenoxy) is 1. The van der Waals surface area contributed by atoms with E-state index in [1.54, 1.807) is 7.11 Å². The van der Waals surface area contributed by atoms with Crippen molar-refractivity contribution in [3.05, 3.63) is 35.4 Å². The number of rotatable bonds is 7. The molecule has 146 valence electrons. The summed E-state index contributed by atoms with van der Waals surface area (Å²) in [5, 5.41) is 9.62. The van der Waals surface area contributed by atoms with Crippen LogP contribution < -0.4 is 0 Å². The van der Waals surface area contributed by atoms with Crippen LogP contribution in [0.15, 0.2) is 24.3 Å². The van der Waals surface area contributed by atoms with Gasteiger partial charge in [-0.2, -0.15) is 13.2 Å². The van der Waals surface area contributed by atoms with Crippen LogP contribution in [0.4, 0.5) is 13.2 Å². The molecule has 2 atom stereocenters. The van der Waals surface area contributed by atoms with Crippen LogP contribution in [-0.4, -0.2) is 74.4 Å². The summed E-state index contributed by atoms with van der Waals surface area (Å²) in [5.41, 5.74) is -0.818. The highest BCUT2D eigenvalue weighted by atomic mass is 19.4. The summed E-state index contributed by atoms with van der Waals surface area (Å²) < 4.78 is 43.6. The summed E-state index contributed by atoms with van der Waals surface area (Å²) >= 11 is 0. The molecule has 0 bridgehead atoms. The van der Waals surface area contributed by atoms with Crippen molar-refractivity contribution in [3.63, 3.8) is 0 Å². The maximum absolute atomic E-state index is 12.9. The fourth-order valence-corrected chi connectivity index (χ4v) is 3.27. The van der Waals surface area contributed by atoms with Crippen LogP contribution in [0.5, 0.6) is 0 Å². The van der Waals surface area contributed by atoms with Gasteiger partial charge in [0, 0.05) is 51.4 Å². The molecule has 1 amide bonds. The van der Waals surface area contributed by atoms with E-state index in [1.165, 1.54) is 17.0 Å². The average molecular weight is 374 g/mol. The summed E-state index contributed by atoms with van der Waals surface area (Å²) in [4.78, 5) is 16.2. The molecule has 1 aromatic carbocycles. The van der Waals surface area contributed by atoms with Gasteiger partial charge in [-0.25, -0.2) is 0 Å². The van der Waals surface area contributed by atoms with E-state index in [1.807, 2.05) is 7.05 Å². The number of aliphatic hydroxyl groups excluding tert-OH is 1. The molecule has 0 radical (unpaired) electrons. The van der Waals surface area contributed by atoms with Gasteiger partial charge in [0.05, 0.1) is 12.2 Å². The number of halogens is 3. The molecular weight excluding hydrogens is 349 g/mol. The number of carbonyl (C=O) groups excluding carboxylic acids is 1. The third-order valence-electron chi connectivity index (χ3n) is 4.76. The standard InChI is InChI=1S/C18H25F3N2O3/c1-22(6-7-26-2)9-14-10-23(11-15(14)12-24)17(25)13-4-3-5-16(8-13)18(19,20)21/h3-5,8,14-15,24H,6-7,9-12H2,1-2H3. The third kappa shape index (κ3) is 5.18. The molecule has 0 saturated carbocycles. The molecule has 1 aliphatic rings. The van der Waals surface area contributed by atoms with Gasteiger partial charge in [0.2, 0.25) is 0 Å². The van der Waals surface area contributed by atoms with Crippen LogP contribution in [0.3, 0.4) is 0 Å². The Morgan fingerprint density at radius 1 is 1.35 bits per heavy atom. The zero-order chi connectivity index (χ0) is 19.3. The molecule has 8 heteroatoms. The number of carbonyl (C=O) groups is 1. The highest BCUT2D eigenvalue weighted by molar-refractivity contribution is 5.94. The number of benzene rings is 1. The van der Waals surface area contributed by atoms with Gasteiger partial charge in [0.15, 0.2) is 0 Å². The molecule has 0 spiro atoms. The highest BCUT2D eigenvalue weighted by Crippen LogP contribution is 2.31. The first-order chi connectivity index (χ1) is 12.3. The van der Waals surface area contributed by atoms with Gasteiger partial charge < -0.3 is 19.6 Å². The van der Waals surface area contributed by atoms with Crippen molar-refractivity contribution in [1.29, 1.82) is 0 Å². The van der Waals surface area contributed by atoms with Crippen LogP contribution in [0, 0.1) is 11.8 Å². The Balaban J connectivity index is 2.06. The number of hydrogen-bond donors (Lipinski definition) is 1. The zero-order valence-corrected chi connectivity index (χ0v) is 15.0. The predicted molar refractivity (Wildman–Crippen MR) is 90.8 cm³/mol. The molecule has 1 aliphatic heterocycles. The second-order valence-corrected chi connectivity index (χ2v) is 6.75. The fourth-order valence-electron chi connectivity index (χ4n) is 3.27. The van der Waals surface area contributed by atoms with E-state index in [-0.39, 0.29) is 24.0 Å². The maximum Gasteiger partial charge on any atom is 0.416 e. The lowest BCUT2D eigenvalue weighted by Crippen LogP contribution is -2.33. The molecule has 5 nitrogen and oxygen atoms in total. The first-order valence-electron chi connectivity index (χ1n) is 8.51. The molecule has 1 fully saturated rings. The Morgan fingerprint density at radius 2 is 2.04 bits per heavy atom. The second kappa shape index (κ2) is 8.83. The van der Waals surface area contributed by atoms with Crippen molar-refractivity contribution in [2.45, 2.75) is 6.18 Å². The van der Waals surface area contributed by atoms with E-state index in [9.17, 15) is 23.1 Å². The number of likely N-dealkylation sites (tertiary alicyclic amines) is 1. The number of likely N-dealkylation sites (N-methyl/N-ethyl adjacent to an activating group) is 1. The van der Waals surface area contributed by atoms with Crippen LogP contribution in [0.1, 0.15) is 15.9 Å². The molecule has 2 rings (SSSR count). The van der Waals surface area contributed by atoms with Gasteiger partial charge in [-0.15, -0.1) is 0 Å². The van der Waals surface area contributed by atoms with Crippen LogP contribution in [-0.2, 0) is 10.9 Å². The molecular formula is C18H25F3N2O3. The molecule has 26 heavy (non-hydrogen) atoms. The number of hydrogen-bond acceptors (Lipinski definition) is 4. The Labute approximate surface area is 151 Å². The van der Waals surface area contributed by atoms with E-state index < -0.39 is 17.6 Å². The van der Waals surface area contributed by atoms with Crippen LogP contribution >= 0.6 is 0 Å². The average Bonchev–Trinajstić information content (AvgIpc) is 3.01. The van der Waals surface area contributed by atoms with Crippen molar-refractivity contribution >= 4 is 5.91 Å². The van der Waals surface area contributed by atoms with Gasteiger partial charge in [-0.1, -0.05) is 6.07 Å². The molecule has 1 heterocycles. The van der Waals surface area contributed by atoms with E-state index in [2.05, 4.69) is 4.90 Å². The van der Waals surface area contributed by atoms with Gasteiger partial charge in [0.25, 0.3) is 5.91 Å². The number of alkyl halides is 3. The van der Waals surface area contributed by atoms with Crippen LogP contribution in [0.25, 0.3) is 0 Å². The smallest absolute Gasteiger partial charge is 0.396 e. The Morgan fingerprint density at radius 3 is 2.65 bits per heavy atom. The predicted octanol–water partition coefficient (Wildman–Crippen LogP) is 1.96. The lowest BCUT2D eigenvalue weighted by Gasteiger charge is -2.23. The molecule has 1 aromatic rings. The van der Waals surface area contributed by atoms with Crippen molar-refractivity contribution in [3.8, 4) is 0 Å². The van der Waals surface area contributed by atoms with Gasteiger partial charge >= 0.3 is 6.18 Å².